The van der Waals surface area contributed by atoms with Gasteiger partial charge in [0.2, 0.25) is 0 Å². The SMILES string of the molecule is C=CCc1c(Cl)cc(C)c(C)c1O[Si]. The van der Waals surface area contributed by atoms with E-state index >= 15 is 0 Å². The molecule has 1 rings (SSSR count). The molecule has 3 heteroatoms. The molecule has 73 valence electrons. The van der Waals surface area contributed by atoms with Gasteiger partial charge in [0.25, 0.3) is 0 Å². The molecule has 0 fully saturated rings. The zero-order chi connectivity index (χ0) is 10.7. The fourth-order valence-electron chi connectivity index (χ4n) is 1.37. The molecule has 0 aliphatic rings. The lowest BCUT2D eigenvalue weighted by atomic mass is 10.0. The summed E-state index contributed by atoms with van der Waals surface area (Å²) in [4.78, 5) is 0. The van der Waals surface area contributed by atoms with Gasteiger partial charge < -0.3 is 4.43 Å². The van der Waals surface area contributed by atoms with Crippen molar-refractivity contribution in [2.45, 2.75) is 20.3 Å². The smallest absolute Gasteiger partial charge is 0.341 e. The number of halogens is 1. The van der Waals surface area contributed by atoms with Crippen LogP contribution < -0.4 is 4.43 Å². The maximum absolute atomic E-state index is 6.11. The molecule has 0 bridgehead atoms. The first-order valence-electron chi connectivity index (χ1n) is 4.34. The van der Waals surface area contributed by atoms with Crippen LogP contribution in [-0.2, 0) is 6.42 Å². The molecule has 0 aliphatic carbocycles. The monoisotopic (exact) mass is 223 g/mol. The summed E-state index contributed by atoms with van der Waals surface area (Å²) in [6, 6.07) is 1.95. The van der Waals surface area contributed by atoms with Gasteiger partial charge in [-0.2, -0.15) is 0 Å². The molecule has 14 heavy (non-hydrogen) atoms. The van der Waals surface area contributed by atoms with Crippen molar-refractivity contribution in [3.05, 3.63) is 40.4 Å². The highest BCUT2D eigenvalue weighted by molar-refractivity contribution is 6.31. The summed E-state index contributed by atoms with van der Waals surface area (Å²) in [6.45, 7) is 7.71. The Morgan fingerprint density at radius 1 is 1.57 bits per heavy atom. The molecule has 1 nitrogen and oxygen atoms in total. The molecule has 0 amide bonds. The lowest BCUT2D eigenvalue weighted by Crippen LogP contribution is -1.98. The molecule has 1 aromatic carbocycles. The zero-order valence-corrected chi connectivity index (χ0v) is 10.1. The Morgan fingerprint density at radius 3 is 2.71 bits per heavy atom. The third-order valence-electron chi connectivity index (χ3n) is 2.29. The van der Waals surface area contributed by atoms with E-state index in [4.69, 9.17) is 16.0 Å². The minimum atomic E-state index is 0.708. The van der Waals surface area contributed by atoms with Crippen molar-refractivity contribution in [3.63, 3.8) is 0 Å². The molecule has 0 spiro atoms. The van der Waals surface area contributed by atoms with Gasteiger partial charge in [0, 0.05) is 10.6 Å². The van der Waals surface area contributed by atoms with Gasteiger partial charge in [0.15, 0.2) is 0 Å². The van der Waals surface area contributed by atoms with Crippen LogP contribution in [0.4, 0.5) is 0 Å². The Morgan fingerprint density at radius 2 is 2.21 bits per heavy atom. The van der Waals surface area contributed by atoms with Crippen molar-refractivity contribution in [2.24, 2.45) is 0 Å². The van der Waals surface area contributed by atoms with E-state index in [1.165, 1.54) is 0 Å². The Balaban J connectivity index is 3.38. The average molecular weight is 224 g/mol. The highest BCUT2D eigenvalue weighted by atomic mass is 35.5. The number of hydrogen-bond acceptors (Lipinski definition) is 1. The summed E-state index contributed by atoms with van der Waals surface area (Å²) in [5, 5.41) is 0.723. The quantitative estimate of drug-likeness (QED) is 0.565. The largest absolute Gasteiger partial charge is 0.540 e. The van der Waals surface area contributed by atoms with Crippen LogP contribution in [0.25, 0.3) is 0 Å². The van der Waals surface area contributed by atoms with Gasteiger partial charge in [0.05, 0.1) is 0 Å². The number of rotatable bonds is 3. The molecule has 0 heterocycles. The van der Waals surface area contributed by atoms with E-state index in [-0.39, 0.29) is 0 Å². The number of hydrogen-bond donors (Lipinski definition) is 0. The van der Waals surface area contributed by atoms with Crippen molar-refractivity contribution >= 4 is 22.1 Å². The second-order valence-electron chi connectivity index (χ2n) is 3.20. The zero-order valence-electron chi connectivity index (χ0n) is 8.36. The first-order chi connectivity index (χ1) is 6.61. The first-order valence-corrected chi connectivity index (χ1v) is 5.13. The fourth-order valence-corrected chi connectivity index (χ4v) is 1.97. The van der Waals surface area contributed by atoms with Crippen molar-refractivity contribution in [2.75, 3.05) is 0 Å². The summed E-state index contributed by atoms with van der Waals surface area (Å²) in [6.07, 6.45) is 2.52. The van der Waals surface area contributed by atoms with Gasteiger partial charge >= 0.3 is 10.5 Å². The van der Waals surface area contributed by atoms with Crippen LogP contribution in [0.15, 0.2) is 18.7 Å². The maximum Gasteiger partial charge on any atom is 0.341 e. The van der Waals surface area contributed by atoms with Crippen molar-refractivity contribution in [3.8, 4) is 5.75 Å². The van der Waals surface area contributed by atoms with Gasteiger partial charge in [-0.05, 0) is 37.5 Å². The van der Waals surface area contributed by atoms with Crippen molar-refractivity contribution in [1.29, 1.82) is 0 Å². The molecule has 3 radical (unpaired) electrons. The van der Waals surface area contributed by atoms with Crippen LogP contribution in [0.3, 0.4) is 0 Å². The van der Waals surface area contributed by atoms with Crippen molar-refractivity contribution < 1.29 is 4.43 Å². The van der Waals surface area contributed by atoms with E-state index in [0.717, 1.165) is 27.5 Å². The van der Waals surface area contributed by atoms with E-state index in [1.54, 1.807) is 0 Å². The van der Waals surface area contributed by atoms with Crippen LogP contribution in [-0.4, -0.2) is 10.5 Å². The van der Waals surface area contributed by atoms with Gasteiger partial charge in [-0.3, -0.25) is 0 Å². The summed E-state index contributed by atoms with van der Waals surface area (Å²) >= 11 is 6.11. The van der Waals surface area contributed by atoms with Crippen LogP contribution in [0.5, 0.6) is 5.75 Å². The number of aryl methyl sites for hydroxylation is 1. The third-order valence-corrected chi connectivity index (χ3v) is 2.83. The second kappa shape index (κ2) is 4.67. The van der Waals surface area contributed by atoms with Gasteiger partial charge in [-0.1, -0.05) is 17.7 Å². The topological polar surface area (TPSA) is 9.23 Å². The molecule has 0 saturated carbocycles. The molecule has 1 aromatic rings. The van der Waals surface area contributed by atoms with Crippen LogP contribution in [0, 0.1) is 13.8 Å². The van der Waals surface area contributed by atoms with E-state index in [2.05, 4.69) is 17.1 Å². The van der Waals surface area contributed by atoms with Crippen LogP contribution in [0.2, 0.25) is 5.02 Å². The summed E-state index contributed by atoms with van der Waals surface area (Å²) in [7, 11) is 3.05. The van der Waals surface area contributed by atoms with Gasteiger partial charge in [-0.25, -0.2) is 0 Å². The standard InChI is InChI=1S/C11H12ClOSi/c1-4-5-9-10(12)6-7(2)8(3)11(9)13-14/h4,6H,1,5H2,2-3H3. The van der Waals surface area contributed by atoms with Crippen LogP contribution >= 0.6 is 11.6 Å². The molecule has 0 aromatic heterocycles. The maximum atomic E-state index is 6.11. The lowest BCUT2D eigenvalue weighted by Gasteiger charge is -2.14. The molecular weight excluding hydrogens is 212 g/mol. The Bertz CT molecular complexity index is 361. The molecule has 0 aliphatic heterocycles. The highest BCUT2D eigenvalue weighted by Gasteiger charge is 2.11. The Kier molecular flexibility index (Phi) is 3.78. The molecule has 0 saturated heterocycles. The molecule has 0 unspecified atom stereocenters. The van der Waals surface area contributed by atoms with E-state index in [9.17, 15) is 0 Å². The molecular formula is C11H12ClOSi. The predicted octanol–water partition coefficient (Wildman–Crippen LogP) is 3.15. The lowest BCUT2D eigenvalue weighted by molar-refractivity contribution is 0.601. The van der Waals surface area contributed by atoms with Crippen LogP contribution in [0.1, 0.15) is 16.7 Å². The van der Waals surface area contributed by atoms with Crippen molar-refractivity contribution in [1.82, 2.24) is 0 Å². The predicted molar refractivity (Wildman–Crippen MR) is 61.2 cm³/mol. The molecule has 0 atom stereocenters. The number of benzene rings is 1. The highest BCUT2D eigenvalue weighted by Crippen LogP contribution is 2.32. The molecule has 0 N–H and O–H groups in total. The van der Waals surface area contributed by atoms with E-state index < -0.39 is 0 Å². The Labute approximate surface area is 93.3 Å². The first kappa shape index (κ1) is 11.3. The number of allylic oxidation sites excluding steroid dienone is 1. The fraction of sp³-hybridized carbons (Fsp3) is 0.273. The normalized spacial score (nSPS) is 10.0. The Hall–Kier alpha value is -0.733. The minimum Gasteiger partial charge on any atom is -0.540 e. The van der Waals surface area contributed by atoms with E-state index in [0.29, 0.717) is 6.42 Å². The summed E-state index contributed by atoms with van der Waals surface area (Å²) in [5.41, 5.74) is 3.19. The van der Waals surface area contributed by atoms with Gasteiger partial charge in [0.1, 0.15) is 5.75 Å². The third kappa shape index (κ3) is 2.02. The van der Waals surface area contributed by atoms with E-state index in [1.807, 2.05) is 26.0 Å². The van der Waals surface area contributed by atoms with Gasteiger partial charge in [-0.15, -0.1) is 6.58 Å². The second-order valence-corrected chi connectivity index (χ2v) is 3.81. The minimum absolute atomic E-state index is 0.708. The average Bonchev–Trinajstić information content (AvgIpc) is 2.15. The summed E-state index contributed by atoms with van der Waals surface area (Å²) < 4.78 is 5.16. The summed E-state index contributed by atoms with van der Waals surface area (Å²) in [5.74, 6) is 0.798.